The smallest absolute Gasteiger partial charge is 0.174 e. The van der Waals surface area contributed by atoms with Gasteiger partial charge in [-0.15, -0.1) is 0 Å². The maximum Gasteiger partial charge on any atom is 0.174 e. The van der Waals surface area contributed by atoms with Crippen LogP contribution in [-0.2, 0) is 13.2 Å². The van der Waals surface area contributed by atoms with Gasteiger partial charge in [-0.05, 0) is 37.5 Å². The molecule has 5 nitrogen and oxygen atoms in total. The second kappa shape index (κ2) is 6.18. The van der Waals surface area contributed by atoms with E-state index in [4.69, 9.17) is 14.0 Å². The van der Waals surface area contributed by atoms with E-state index in [9.17, 15) is 0 Å². The molecule has 1 heterocycles. The Morgan fingerprint density at radius 3 is 2.81 bits per heavy atom. The van der Waals surface area contributed by atoms with Crippen molar-refractivity contribution in [3.05, 3.63) is 41.3 Å². The summed E-state index contributed by atoms with van der Waals surface area (Å²) in [5.41, 5.74) is 2.05. The van der Waals surface area contributed by atoms with Gasteiger partial charge in [0.1, 0.15) is 6.61 Å². The Hall–Kier alpha value is -2.01. The molecule has 0 radical (unpaired) electrons. The molecule has 0 atom stereocenters. The molecule has 112 valence electrons. The molecule has 1 aromatic carbocycles. The highest BCUT2D eigenvalue weighted by Crippen LogP contribution is 2.29. The number of methoxy groups -OCH3 is 1. The zero-order chi connectivity index (χ0) is 14.7. The van der Waals surface area contributed by atoms with Crippen LogP contribution in [0.25, 0.3) is 0 Å². The SMILES string of the molecule is COc1cc(CNC2CC2)ccc1OCc1cc(C)no1. The first-order valence-electron chi connectivity index (χ1n) is 7.20. The third kappa shape index (κ3) is 3.76. The Kier molecular flexibility index (Phi) is 4.10. The molecule has 0 saturated heterocycles. The fourth-order valence-corrected chi connectivity index (χ4v) is 2.12. The van der Waals surface area contributed by atoms with Gasteiger partial charge in [-0.3, -0.25) is 0 Å². The molecule has 1 aromatic heterocycles. The molecule has 2 aromatic rings. The van der Waals surface area contributed by atoms with E-state index < -0.39 is 0 Å². The normalized spacial score (nSPS) is 14.2. The third-order valence-corrected chi connectivity index (χ3v) is 3.45. The highest BCUT2D eigenvalue weighted by atomic mass is 16.5. The molecule has 0 unspecified atom stereocenters. The molecule has 1 N–H and O–H groups in total. The molecular weight excluding hydrogens is 268 g/mol. The van der Waals surface area contributed by atoms with Crippen LogP contribution in [0.4, 0.5) is 0 Å². The molecule has 1 aliphatic rings. The van der Waals surface area contributed by atoms with Crippen molar-refractivity contribution in [3.8, 4) is 11.5 Å². The van der Waals surface area contributed by atoms with Gasteiger partial charge < -0.3 is 19.3 Å². The first-order chi connectivity index (χ1) is 10.2. The molecule has 0 aliphatic heterocycles. The second-order valence-electron chi connectivity index (χ2n) is 5.36. The summed E-state index contributed by atoms with van der Waals surface area (Å²) in [5.74, 6) is 2.15. The predicted octanol–water partition coefficient (Wildman–Crippen LogP) is 2.82. The molecule has 21 heavy (non-hydrogen) atoms. The van der Waals surface area contributed by atoms with Crippen LogP contribution in [0.1, 0.15) is 29.9 Å². The minimum absolute atomic E-state index is 0.344. The van der Waals surface area contributed by atoms with Gasteiger partial charge in [0.05, 0.1) is 12.8 Å². The number of aryl methyl sites for hydroxylation is 1. The van der Waals surface area contributed by atoms with Crippen LogP contribution in [0.5, 0.6) is 11.5 Å². The Labute approximate surface area is 124 Å². The van der Waals surface area contributed by atoms with Gasteiger partial charge in [0, 0.05) is 18.7 Å². The second-order valence-corrected chi connectivity index (χ2v) is 5.36. The fraction of sp³-hybridized carbons (Fsp3) is 0.438. The van der Waals surface area contributed by atoms with E-state index in [0.29, 0.717) is 24.2 Å². The molecule has 3 rings (SSSR count). The van der Waals surface area contributed by atoms with Gasteiger partial charge in [-0.1, -0.05) is 11.2 Å². The molecule has 0 spiro atoms. The first kappa shape index (κ1) is 13.9. The number of aromatic nitrogens is 1. The molecule has 1 fully saturated rings. The Bertz CT molecular complexity index is 605. The van der Waals surface area contributed by atoms with Crippen molar-refractivity contribution < 1.29 is 14.0 Å². The number of hydrogen-bond acceptors (Lipinski definition) is 5. The van der Waals surface area contributed by atoms with Gasteiger partial charge in [-0.25, -0.2) is 0 Å². The lowest BCUT2D eigenvalue weighted by molar-refractivity contribution is 0.238. The minimum Gasteiger partial charge on any atom is -0.493 e. The number of ether oxygens (including phenoxy) is 2. The Balaban J connectivity index is 1.63. The summed E-state index contributed by atoms with van der Waals surface area (Å²) in [6.07, 6.45) is 2.57. The zero-order valence-electron chi connectivity index (χ0n) is 12.4. The van der Waals surface area contributed by atoms with E-state index in [0.717, 1.165) is 18.0 Å². The van der Waals surface area contributed by atoms with Crippen molar-refractivity contribution in [1.29, 1.82) is 0 Å². The summed E-state index contributed by atoms with van der Waals surface area (Å²) in [6, 6.07) is 8.56. The first-order valence-corrected chi connectivity index (χ1v) is 7.20. The van der Waals surface area contributed by atoms with Crippen molar-refractivity contribution in [3.63, 3.8) is 0 Å². The van der Waals surface area contributed by atoms with Crippen LogP contribution < -0.4 is 14.8 Å². The third-order valence-electron chi connectivity index (χ3n) is 3.45. The molecule has 1 aliphatic carbocycles. The summed E-state index contributed by atoms with van der Waals surface area (Å²) in [7, 11) is 1.65. The molecule has 5 heteroatoms. The Morgan fingerprint density at radius 1 is 1.29 bits per heavy atom. The number of nitrogens with zero attached hydrogens (tertiary/aromatic N) is 1. The van der Waals surface area contributed by atoms with E-state index in [-0.39, 0.29) is 0 Å². The topological polar surface area (TPSA) is 56.5 Å². The van der Waals surface area contributed by atoms with Crippen molar-refractivity contribution in [2.24, 2.45) is 0 Å². The summed E-state index contributed by atoms with van der Waals surface area (Å²) >= 11 is 0. The lowest BCUT2D eigenvalue weighted by Gasteiger charge is -2.11. The largest absolute Gasteiger partial charge is 0.493 e. The van der Waals surface area contributed by atoms with Gasteiger partial charge in [-0.2, -0.15) is 0 Å². The average molecular weight is 288 g/mol. The fourth-order valence-electron chi connectivity index (χ4n) is 2.12. The monoisotopic (exact) mass is 288 g/mol. The molecular formula is C16H20N2O3. The van der Waals surface area contributed by atoms with Crippen LogP contribution >= 0.6 is 0 Å². The number of rotatable bonds is 7. The maximum absolute atomic E-state index is 5.74. The van der Waals surface area contributed by atoms with E-state index in [1.807, 2.05) is 25.1 Å². The molecule has 1 saturated carbocycles. The predicted molar refractivity (Wildman–Crippen MR) is 78.4 cm³/mol. The van der Waals surface area contributed by atoms with Gasteiger partial charge >= 0.3 is 0 Å². The quantitative estimate of drug-likeness (QED) is 0.849. The zero-order valence-corrected chi connectivity index (χ0v) is 12.4. The van der Waals surface area contributed by atoms with Crippen LogP contribution in [0.2, 0.25) is 0 Å². The minimum atomic E-state index is 0.344. The lowest BCUT2D eigenvalue weighted by atomic mass is 10.2. The van der Waals surface area contributed by atoms with E-state index in [1.54, 1.807) is 7.11 Å². The van der Waals surface area contributed by atoms with E-state index >= 15 is 0 Å². The summed E-state index contributed by atoms with van der Waals surface area (Å²) in [6.45, 7) is 3.09. The van der Waals surface area contributed by atoms with Crippen LogP contribution in [0.15, 0.2) is 28.8 Å². The van der Waals surface area contributed by atoms with Crippen molar-refractivity contribution in [1.82, 2.24) is 10.5 Å². The number of hydrogen-bond donors (Lipinski definition) is 1. The average Bonchev–Trinajstić information content (AvgIpc) is 3.24. The number of nitrogens with one attached hydrogen (secondary N) is 1. The van der Waals surface area contributed by atoms with Gasteiger partial charge in [0.2, 0.25) is 0 Å². The van der Waals surface area contributed by atoms with Crippen LogP contribution in [0, 0.1) is 6.92 Å². The lowest BCUT2D eigenvalue weighted by Crippen LogP contribution is -2.15. The number of benzene rings is 1. The van der Waals surface area contributed by atoms with Gasteiger partial charge in [0.25, 0.3) is 0 Å². The van der Waals surface area contributed by atoms with Crippen molar-refractivity contribution in [2.75, 3.05) is 7.11 Å². The standard InChI is InChI=1S/C16H20N2O3/c1-11-7-14(21-18-11)10-20-15-6-3-12(8-16(15)19-2)9-17-13-4-5-13/h3,6-8,13,17H,4-5,9-10H2,1-2H3. The van der Waals surface area contributed by atoms with Crippen LogP contribution in [-0.4, -0.2) is 18.3 Å². The van der Waals surface area contributed by atoms with Crippen molar-refractivity contribution in [2.45, 2.75) is 39.0 Å². The highest BCUT2D eigenvalue weighted by Gasteiger charge is 2.20. The maximum atomic E-state index is 5.74. The van der Waals surface area contributed by atoms with Gasteiger partial charge in [0.15, 0.2) is 17.3 Å². The van der Waals surface area contributed by atoms with Crippen LogP contribution in [0.3, 0.4) is 0 Å². The highest BCUT2D eigenvalue weighted by molar-refractivity contribution is 5.43. The summed E-state index contributed by atoms with van der Waals surface area (Å²) < 4.78 is 16.3. The van der Waals surface area contributed by atoms with E-state index in [1.165, 1.54) is 18.4 Å². The summed E-state index contributed by atoms with van der Waals surface area (Å²) in [4.78, 5) is 0. The summed E-state index contributed by atoms with van der Waals surface area (Å²) in [5, 5.41) is 7.32. The molecule has 0 amide bonds. The van der Waals surface area contributed by atoms with E-state index in [2.05, 4.69) is 16.5 Å². The van der Waals surface area contributed by atoms with Crippen molar-refractivity contribution >= 4 is 0 Å². The molecule has 0 bridgehead atoms. The Morgan fingerprint density at radius 2 is 2.14 bits per heavy atom.